The summed E-state index contributed by atoms with van der Waals surface area (Å²) in [5.74, 6) is -0.330. The van der Waals surface area contributed by atoms with Crippen molar-refractivity contribution in [3.8, 4) is 0 Å². The molecule has 0 radical (unpaired) electrons. The zero-order chi connectivity index (χ0) is 9.72. The third-order valence-electron chi connectivity index (χ3n) is 1.29. The third-order valence-corrected chi connectivity index (χ3v) is 1.29. The van der Waals surface area contributed by atoms with E-state index in [0.717, 1.165) is 5.57 Å². The Balaban J connectivity index is 3.84. The van der Waals surface area contributed by atoms with E-state index in [1.807, 2.05) is 13.8 Å². The van der Waals surface area contributed by atoms with Crippen LogP contribution in [0.5, 0.6) is 0 Å². The molecule has 0 saturated carbocycles. The second-order valence-electron chi connectivity index (χ2n) is 3.16. The van der Waals surface area contributed by atoms with E-state index in [1.54, 1.807) is 6.92 Å². The largest absolute Gasteiger partial charge is 0.459 e. The second-order valence-corrected chi connectivity index (χ2v) is 3.16. The Morgan fingerprint density at radius 1 is 1.42 bits per heavy atom. The lowest BCUT2D eigenvalue weighted by atomic mass is 10.2. The fourth-order valence-electron chi connectivity index (χ4n) is 0.816. The molecule has 0 aliphatic rings. The number of ether oxygens (including phenoxy) is 1. The van der Waals surface area contributed by atoms with Crippen molar-refractivity contribution in [2.75, 3.05) is 0 Å². The van der Waals surface area contributed by atoms with Crippen LogP contribution in [0.3, 0.4) is 0 Å². The van der Waals surface area contributed by atoms with Crippen molar-refractivity contribution in [3.05, 3.63) is 24.3 Å². The highest BCUT2D eigenvalue weighted by Gasteiger charge is 2.09. The molecule has 1 atom stereocenters. The quantitative estimate of drug-likeness (QED) is 0.366. The molecule has 0 aromatic heterocycles. The predicted octanol–water partition coefficient (Wildman–Crippen LogP) is 2.46. The maximum Gasteiger partial charge on any atom is 0.333 e. The summed E-state index contributed by atoms with van der Waals surface area (Å²) in [6.07, 6.45) is 0.602. The van der Waals surface area contributed by atoms with Crippen LogP contribution in [0.1, 0.15) is 27.2 Å². The Morgan fingerprint density at radius 2 is 1.92 bits per heavy atom. The number of hydrogen-bond donors (Lipinski definition) is 0. The van der Waals surface area contributed by atoms with Crippen molar-refractivity contribution < 1.29 is 9.53 Å². The van der Waals surface area contributed by atoms with Crippen LogP contribution in [0.4, 0.5) is 0 Å². The van der Waals surface area contributed by atoms with E-state index in [9.17, 15) is 4.79 Å². The van der Waals surface area contributed by atoms with Gasteiger partial charge in [-0.05, 0) is 20.8 Å². The minimum Gasteiger partial charge on any atom is -0.459 e. The lowest BCUT2D eigenvalue weighted by Gasteiger charge is -2.12. The molecule has 0 aliphatic heterocycles. The van der Waals surface area contributed by atoms with Crippen LogP contribution < -0.4 is 0 Å². The molecule has 0 aromatic carbocycles. The zero-order valence-corrected chi connectivity index (χ0v) is 8.02. The van der Waals surface area contributed by atoms with Gasteiger partial charge in [0.15, 0.2) is 0 Å². The van der Waals surface area contributed by atoms with Crippen molar-refractivity contribution in [1.29, 1.82) is 0 Å². The van der Waals surface area contributed by atoms with Crippen LogP contribution in [-0.2, 0) is 9.53 Å². The second kappa shape index (κ2) is 4.75. The average molecular weight is 168 g/mol. The first kappa shape index (κ1) is 11.0. The summed E-state index contributed by atoms with van der Waals surface area (Å²) in [6.45, 7) is 12.6. The Labute approximate surface area is 73.9 Å². The summed E-state index contributed by atoms with van der Waals surface area (Å²) >= 11 is 0. The Morgan fingerprint density at radius 3 is 2.25 bits per heavy atom. The van der Waals surface area contributed by atoms with Gasteiger partial charge in [-0.3, -0.25) is 0 Å². The first-order chi connectivity index (χ1) is 5.43. The van der Waals surface area contributed by atoms with Crippen molar-refractivity contribution in [1.82, 2.24) is 0 Å². The summed E-state index contributed by atoms with van der Waals surface area (Å²) in [6, 6.07) is 0. The molecule has 0 amide bonds. The topological polar surface area (TPSA) is 26.3 Å². The normalized spacial score (nSPS) is 11.9. The molecular weight excluding hydrogens is 152 g/mol. The van der Waals surface area contributed by atoms with Crippen molar-refractivity contribution in [3.63, 3.8) is 0 Å². The van der Waals surface area contributed by atoms with Gasteiger partial charge in [-0.2, -0.15) is 0 Å². The van der Waals surface area contributed by atoms with Crippen LogP contribution in [0.25, 0.3) is 0 Å². The van der Waals surface area contributed by atoms with E-state index >= 15 is 0 Å². The van der Waals surface area contributed by atoms with E-state index in [0.29, 0.717) is 12.0 Å². The minimum absolute atomic E-state index is 0.105. The summed E-state index contributed by atoms with van der Waals surface area (Å²) in [4.78, 5) is 11.0. The van der Waals surface area contributed by atoms with Gasteiger partial charge in [0.25, 0.3) is 0 Å². The fourth-order valence-corrected chi connectivity index (χ4v) is 0.816. The molecule has 1 unspecified atom stereocenters. The van der Waals surface area contributed by atoms with Crippen LogP contribution in [0.2, 0.25) is 0 Å². The molecule has 68 valence electrons. The van der Waals surface area contributed by atoms with Gasteiger partial charge in [0, 0.05) is 12.0 Å². The predicted molar refractivity (Wildman–Crippen MR) is 49.8 cm³/mol. The smallest absolute Gasteiger partial charge is 0.333 e. The lowest BCUT2D eigenvalue weighted by molar-refractivity contribution is -0.143. The molecule has 0 bridgehead atoms. The molecule has 0 spiro atoms. The monoisotopic (exact) mass is 168 g/mol. The first-order valence-corrected chi connectivity index (χ1v) is 3.94. The van der Waals surface area contributed by atoms with Crippen molar-refractivity contribution >= 4 is 5.97 Å². The summed E-state index contributed by atoms with van der Waals surface area (Å²) < 4.78 is 5.02. The van der Waals surface area contributed by atoms with Crippen LogP contribution in [0, 0.1) is 0 Å². The van der Waals surface area contributed by atoms with Gasteiger partial charge in [0.1, 0.15) is 6.10 Å². The fraction of sp³-hybridized carbons (Fsp3) is 0.500. The van der Waals surface area contributed by atoms with E-state index in [2.05, 4.69) is 13.2 Å². The highest BCUT2D eigenvalue weighted by Crippen LogP contribution is 2.07. The Hall–Kier alpha value is -1.05. The van der Waals surface area contributed by atoms with E-state index in [-0.39, 0.29) is 12.1 Å². The molecule has 0 aliphatic carbocycles. The van der Waals surface area contributed by atoms with Gasteiger partial charge in [-0.15, -0.1) is 6.58 Å². The Kier molecular flexibility index (Phi) is 4.34. The number of carbonyl (C=O) groups excluding carboxylic acids is 1. The number of hydrogen-bond acceptors (Lipinski definition) is 2. The molecular formula is C10H16O2. The SMILES string of the molecule is C=C(C)CC(C)OC(=O)C(=C)C. The summed E-state index contributed by atoms with van der Waals surface area (Å²) in [7, 11) is 0. The molecule has 0 N–H and O–H groups in total. The van der Waals surface area contributed by atoms with Crippen molar-refractivity contribution in [2.24, 2.45) is 0 Å². The summed E-state index contributed by atoms with van der Waals surface area (Å²) in [5.41, 5.74) is 1.44. The maximum absolute atomic E-state index is 11.0. The van der Waals surface area contributed by atoms with Gasteiger partial charge >= 0.3 is 5.97 Å². The number of esters is 1. The van der Waals surface area contributed by atoms with E-state index < -0.39 is 0 Å². The van der Waals surface area contributed by atoms with Crippen LogP contribution in [0.15, 0.2) is 24.3 Å². The third kappa shape index (κ3) is 4.72. The molecule has 2 nitrogen and oxygen atoms in total. The van der Waals surface area contributed by atoms with Gasteiger partial charge in [-0.1, -0.05) is 12.2 Å². The molecule has 12 heavy (non-hydrogen) atoms. The minimum atomic E-state index is -0.330. The molecule has 0 fully saturated rings. The first-order valence-electron chi connectivity index (χ1n) is 3.94. The van der Waals surface area contributed by atoms with Crippen LogP contribution in [-0.4, -0.2) is 12.1 Å². The number of rotatable bonds is 4. The maximum atomic E-state index is 11.0. The average Bonchev–Trinajstić information content (AvgIpc) is 1.84. The van der Waals surface area contributed by atoms with Gasteiger partial charge in [0.2, 0.25) is 0 Å². The molecule has 2 heteroatoms. The van der Waals surface area contributed by atoms with Crippen molar-refractivity contribution in [2.45, 2.75) is 33.3 Å². The number of carbonyl (C=O) groups is 1. The molecule has 0 rings (SSSR count). The van der Waals surface area contributed by atoms with Gasteiger partial charge < -0.3 is 4.74 Å². The lowest BCUT2D eigenvalue weighted by Crippen LogP contribution is -2.15. The van der Waals surface area contributed by atoms with E-state index in [4.69, 9.17) is 4.74 Å². The molecule has 0 saturated heterocycles. The molecule has 0 aromatic rings. The van der Waals surface area contributed by atoms with E-state index in [1.165, 1.54) is 0 Å². The van der Waals surface area contributed by atoms with Crippen LogP contribution >= 0.6 is 0 Å². The Bertz CT molecular complexity index is 204. The standard InChI is InChI=1S/C10H16O2/c1-7(2)6-9(5)12-10(11)8(3)4/h9H,1,3,6H2,2,4-5H3. The molecule has 0 heterocycles. The van der Waals surface area contributed by atoms with Gasteiger partial charge in [0.05, 0.1) is 0 Å². The highest BCUT2D eigenvalue weighted by atomic mass is 16.5. The zero-order valence-electron chi connectivity index (χ0n) is 8.02. The highest BCUT2D eigenvalue weighted by molar-refractivity contribution is 5.87. The van der Waals surface area contributed by atoms with Gasteiger partial charge in [-0.25, -0.2) is 4.79 Å². The summed E-state index contributed by atoms with van der Waals surface area (Å²) in [5, 5.41) is 0.